The van der Waals surface area contributed by atoms with Crippen LogP contribution in [0.3, 0.4) is 0 Å². The van der Waals surface area contributed by atoms with Crippen LogP contribution in [0.2, 0.25) is 0 Å². The topological polar surface area (TPSA) is 12.0 Å². The van der Waals surface area contributed by atoms with Gasteiger partial charge in [-0.2, -0.15) is 11.8 Å². The summed E-state index contributed by atoms with van der Waals surface area (Å²) in [7, 11) is 0. The second-order valence-corrected chi connectivity index (χ2v) is 6.54. The lowest BCUT2D eigenvalue weighted by Crippen LogP contribution is -2.26. The maximum atomic E-state index is 13.5. The van der Waals surface area contributed by atoms with Gasteiger partial charge in [-0.1, -0.05) is 15.9 Å². The van der Waals surface area contributed by atoms with Crippen LogP contribution in [0.25, 0.3) is 0 Å². The minimum absolute atomic E-state index is 0.125. The molecule has 4 heteroatoms. The zero-order valence-corrected chi connectivity index (χ0v) is 12.3. The molecule has 0 amide bonds. The molecule has 0 radical (unpaired) electrons. The van der Waals surface area contributed by atoms with Crippen LogP contribution in [-0.2, 0) is 6.54 Å². The van der Waals surface area contributed by atoms with Crippen molar-refractivity contribution < 1.29 is 4.39 Å². The zero-order chi connectivity index (χ0) is 12.3. The van der Waals surface area contributed by atoms with E-state index < -0.39 is 0 Å². The van der Waals surface area contributed by atoms with Crippen molar-refractivity contribution in [2.45, 2.75) is 37.1 Å². The number of rotatable bonds is 4. The van der Waals surface area contributed by atoms with E-state index in [0.29, 0.717) is 12.6 Å². The van der Waals surface area contributed by atoms with E-state index in [1.807, 2.05) is 17.8 Å². The smallest absolute Gasteiger partial charge is 0.127 e. The third kappa shape index (κ3) is 3.70. The maximum Gasteiger partial charge on any atom is 0.127 e. The van der Waals surface area contributed by atoms with Gasteiger partial charge in [-0.3, -0.25) is 0 Å². The van der Waals surface area contributed by atoms with Gasteiger partial charge in [0.15, 0.2) is 0 Å². The van der Waals surface area contributed by atoms with Crippen molar-refractivity contribution in [3.8, 4) is 0 Å². The molecular weight excluding hydrogens is 301 g/mol. The lowest BCUT2D eigenvalue weighted by atomic mass is 10.2. The van der Waals surface area contributed by atoms with Gasteiger partial charge in [0.25, 0.3) is 0 Å². The Morgan fingerprint density at radius 2 is 2.29 bits per heavy atom. The molecule has 2 atom stereocenters. The highest BCUT2D eigenvalue weighted by Crippen LogP contribution is 2.28. The van der Waals surface area contributed by atoms with E-state index in [-0.39, 0.29) is 5.82 Å². The molecule has 0 bridgehead atoms. The Morgan fingerprint density at radius 1 is 1.47 bits per heavy atom. The lowest BCUT2D eigenvalue weighted by Gasteiger charge is -2.13. The summed E-state index contributed by atoms with van der Waals surface area (Å²) in [5.41, 5.74) is 0.743. The van der Waals surface area contributed by atoms with Gasteiger partial charge in [-0.05, 0) is 43.7 Å². The zero-order valence-electron chi connectivity index (χ0n) is 9.88. The number of halogens is 2. The number of nitrogens with one attached hydrogen (secondary N) is 1. The van der Waals surface area contributed by atoms with Crippen LogP contribution >= 0.6 is 27.7 Å². The summed E-state index contributed by atoms with van der Waals surface area (Å²) < 4.78 is 14.5. The fraction of sp³-hybridized carbons (Fsp3) is 0.538. The van der Waals surface area contributed by atoms with Crippen molar-refractivity contribution in [1.29, 1.82) is 0 Å². The Labute approximate surface area is 115 Å². The van der Waals surface area contributed by atoms with E-state index in [1.54, 1.807) is 6.07 Å². The van der Waals surface area contributed by atoms with Crippen molar-refractivity contribution in [3.05, 3.63) is 34.1 Å². The van der Waals surface area contributed by atoms with E-state index in [2.05, 4.69) is 27.5 Å². The standard InChI is InChI=1S/C13H17BrFNS/c1-17-12-4-3-11(7-12)16-8-9-6-10(14)2-5-13(9)15/h2,5-6,11-12,16H,3-4,7-8H2,1H3. The first kappa shape index (κ1) is 13.4. The molecule has 0 aromatic heterocycles. The van der Waals surface area contributed by atoms with Crippen LogP contribution in [0.15, 0.2) is 22.7 Å². The molecule has 2 unspecified atom stereocenters. The fourth-order valence-corrected chi connectivity index (χ4v) is 3.48. The molecule has 1 nitrogen and oxygen atoms in total. The van der Waals surface area contributed by atoms with Gasteiger partial charge < -0.3 is 5.32 Å². The van der Waals surface area contributed by atoms with Crippen LogP contribution in [0.4, 0.5) is 4.39 Å². The maximum absolute atomic E-state index is 13.5. The summed E-state index contributed by atoms with van der Waals surface area (Å²) in [4.78, 5) is 0. The minimum Gasteiger partial charge on any atom is -0.310 e. The first-order valence-electron chi connectivity index (χ1n) is 5.89. The van der Waals surface area contributed by atoms with Crippen molar-refractivity contribution in [2.24, 2.45) is 0 Å². The number of hydrogen-bond acceptors (Lipinski definition) is 2. The molecule has 1 aromatic carbocycles. The predicted molar refractivity (Wildman–Crippen MR) is 75.9 cm³/mol. The van der Waals surface area contributed by atoms with E-state index in [4.69, 9.17) is 0 Å². The van der Waals surface area contributed by atoms with Crippen LogP contribution in [-0.4, -0.2) is 17.5 Å². The number of hydrogen-bond donors (Lipinski definition) is 1. The van der Waals surface area contributed by atoms with Crippen LogP contribution < -0.4 is 5.32 Å². The van der Waals surface area contributed by atoms with Gasteiger partial charge in [-0.15, -0.1) is 0 Å². The second-order valence-electron chi connectivity index (χ2n) is 4.48. The van der Waals surface area contributed by atoms with Crippen molar-refractivity contribution >= 4 is 27.7 Å². The van der Waals surface area contributed by atoms with E-state index in [9.17, 15) is 4.39 Å². The van der Waals surface area contributed by atoms with Gasteiger partial charge in [0, 0.05) is 27.9 Å². The molecule has 2 rings (SSSR count). The molecule has 1 aliphatic rings. The Bertz CT molecular complexity index is 386. The van der Waals surface area contributed by atoms with Gasteiger partial charge in [0.2, 0.25) is 0 Å². The molecule has 1 fully saturated rings. The normalized spacial score (nSPS) is 24.2. The van der Waals surface area contributed by atoms with Gasteiger partial charge >= 0.3 is 0 Å². The molecule has 0 heterocycles. The molecular formula is C13H17BrFNS. The van der Waals surface area contributed by atoms with Gasteiger partial charge in [-0.25, -0.2) is 4.39 Å². The molecule has 94 valence electrons. The average molecular weight is 318 g/mol. The molecule has 0 aliphatic heterocycles. The minimum atomic E-state index is -0.125. The average Bonchev–Trinajstić information content (AvgIpc) is 2.78. The Hall–Kier alpha value is -0.0600. The molecule has 1 aliphatic carbocycles. The monoisotopic (exact) mass is 317 g/mol. The lowest BCUT2D eigenvalue weighted by molar-refractivity contribution is 0.509. The number of thioether (sulfide) groups is 1. The number of benzene rings is 1. The SMILES string of the molecule is CSC1CCC(NCc2cc(Br)ccc2F)C1. The van der Waals surface area contributed by atoms with Crippen molar-refractivity contribution in [2.75, 3.05) is 6.26 Å². The molecule has 0 saturated heterocycles. The molecule has 0 spiro atoms. The highest BCUT2D eigenvalue weighted by molar-refractivity contribution is 9.10. The molecule has 17 heavy (non-hydrogen) atoms. The quantitative estimate of drug-likeness (QED) is 0.902. The van der Waals surface area contributed by atoms with Crippen molar-refractivity contribution in [1.82, 2.24) is 5.32 Å². The Kier molecular flexibility index (Phi) is 4.88. The van der Waals surface area contributed by atoms with Crippen LogP contribution in [0.1, 0.15) is 24.8 Å². The Morgan fingerprint density at radius 3 is 3.00 bits per heavy atom. The highest BCUT2D eigenvalue weighted by atomic mass is 79.9. The van der Waals surface area contributed by atoms with Gasteiger partial charge in [0.1, 0.15) is 5.82 Å². The summed E-state index contributed by atoms with van der Waals surface area (Å²) in [6, 6.07) is 5.65. The third-order valence-corrected chi connectivity index (χ3v) is 4.89. The predicted octanol–water partition coefficient (Wildman–Crippen LogP) is 3.96. The summed E-state index contributed by atoms with van der Waals surface area (Å²) in [5, 5.41) is 4.23. The van der Waals surface area contributed by atoms with E-state index in [0.717, 1.165) is 15.3 Å². The van der Waals surface area contributed by atoms with Crippen molar-refractivity contribution in [3.63, 3.8) is 0 Å². The summed E-state index contributed by atoms with van der Waals surface area (Å²) in [6.07, 6.45) is 5.86. The van der Waals surface area contributed by atoms with Crippen LogP contribution in [0, 0.1) is 5.82 Å². The fourth-order valence-electron chi connectivity index (χ4n) is 2.27. The summed E-state index contributed by atoms with van der Waals surface area (Å²) >= 11 is 5.31. The highest BCUT2D eigenvalue weighted by Gasteiger charge is 2.23. The first-order valence-corrected chi connectivity index (χ1v) is 7.97. The second kappa shape index (κ2) is 6.21. The van der Waals surface area contributed by atoms with E-state index >= 15 is 0 Å². The summed E-state index contributed by atoms with van der Waals surface area (Å²) in [6.45, 7) is 0.622. The molecule has 1 N–H and O–H groups in total. The third-order valence-electron chi connectivity index (χ3n) is 3.31. The summed E-state index contributed by atoms with van der Waals surface area (Å²) in [5.74, 6) is -0.125. The van der Waals surface area contributed by atoms with Gasteiger partial charge in [0.05, 0.1) is 0 Å². The largest absolute Gasteiger partial charge is 0.310 e. The Balaban J connectivity index is 1.88. The van der Waals surface area contributed by atoms with E-state index in [1.165, 1.54) is 25.3 Å². The first-order chi connectivity index (χ1) is 8.19. The molecule has 1 aromatic rings. The molecule has 1 saturated carbocycles. The van der Waals surface area contributed by atoms with Crippen LogP contribution in [0.5, 0.6) is 0 Å².